The van der Waals surface area contributed by atoms with Crippen molar-refractivity contribution in [3.63, 3.8) is 0 Å². The third-order valence-corrected chi connectivity index (χ3v) is 4.03. The Hall–Kier alpha value is -3.08. The Morgan fingerprint density at radius 3 is 2.36 bits per heavy atom. The van der Waals surface area contributed by atoms with E-state index in [1.165, 1.54) is 11.1 Å². The summed E-state index contributed by atoms with van der Waals surface area (Å²) in [6, 6.07) is 7.03. The molecule has 3 rings (SSSR count). The van der Waals surface area contributed by atoms with E-state index in [2.05, 4.69) is 4.98 Å². The first-order valence-corrected chi connectivity index (χ1v) is 7.55. The fraction of sp³-hybridized carbons (Fsp3) is 0.235. The van der Waals surface area contributed by atoms with Gasteiger partial charge < -0.3 is 9.80 Å². The second kappa shape index (κ2) is 6.81. The van der Waals surface area contributed by atoms with Crippen LogP contribution in [0.4, 0.5) is 19.0 Å². The van der Waals surface area contributed by atoms with Gasteiger partial charge in [0.2, 0.25) is 0 Å². The predicted molar refractivity (Wildman–Crippen MR) is 83.4 cm³/mol. The Bertz CT molecular complexity index is 840. The number of piperazine rings is 1. The van der Waals surface area contributed by atoms with Gasteiger partial charge in [0.1, 0.15) is 11.9 Å². The average molecular weight is 346 g/mol. The summed E-state index contributed by atoms with van der Waals surface area (Å²) < 4.78 is 40.1. The summed E-state index contributed by atoms with van der Waals surface area (Å²) >= 11 is 0. The molecule has 1 aliphatic heterocycles. The highest BCUT2D eigenvalue weighted by Gasteiger charge is 2.26. The number of anilines is 1. The molecule has 1 aliphatic rings. The molecule has 1 amide bonds. The molecule has 0 aliphatic carbocycles. The molecule has 1 aromatic carbocycles. The van der Waals surface area contributed by atoms with Crippen molar-refractivity contribution in [1.82, 2.24) is 9.88 Å². The van der Waals surface area contributed by atoms with Gasteiger partial charge in [-0.3, -0.25) is 4.79 Å². The van der Waals surface area contributed by atoms with Crippen LogP contribution < -0.4 is 4.90 Å². The molecule has 0 atom stereocenters. The van der Waals surface area contributed by atoms with Crippen molar-refractivity contribution >= 4 is 11.7 Å². The first kappa shape index (κ1) is 16.8. The van der Waals surface area contributed by atoms with E-state index in [4.69, 9.17) is 5.26 Å². The minimum Gasteiger partial charge on any atom is -0.353 e. The van der Waals surface area contributed by atoms with Gasteiger partial charge in [-0.1, -0.05) is 0 Å². The van der Waals surface area contributed by atoms with Gasteiger partial charge in [-0.25, -0.2) is 18.2 Å². The maximum atomic E-state index is 13.8. The number of carbonyl (C=O) groups is 1. The van der Waals surface area contributed by atoms with Crippen molar-refractivity contribution in [3.8, 4) is 6.07 Å². The van der Waals surface area contributed by atoms with E-state index in [1.54, 1.807) is 12.1 Å². The first-order valence-electron chi connectivity index (χ1n) is 7.55. The largest absolute Gasteiger partial charge is 0.353 e. The summed E-state index contributed by atoms with van der Waals surface area (Å²) in [4.78, 5) is 19.8. The molecule has 0 bridgehead atoms. The van der Waals surface area contributed by atoms with E-state index >= 15 is 0 Å². The highest BCUT2D eigenvalue weighted by molar-refractivity contribution is 5.94. The van der Waals surface area contributed by atoms with Crippen LogP contribution >= 0.6 is 0 Å². The molecule has 2 aromatic rings. The van der Waals surface area contributed by atoms with E-state index in [-0.39, 0.29) is 0 Å². The highest BCUT2D eigenvalue weighted by atomic mass is 19.2. The third-order valence-electron chi connectivity index (χ3n) is 4.03. The zero-order valence-electron chi connectivity index (χ0n) is 13.0. The Labute approximate surface area is 141 Å². The van der Waals surface area contributed by atoms with Crippen LogP contribution in [0.3, 0.4) is 0 Å². The number of pyridine rings is 1. The van der Waals surface area contributed by atoms with E-state index in [9.17, 15) is 18.0 Å². The molecule has 5 nitrogen and oxygen atoms in total. The maximum absolute atomic E-state index is 13.8. The minimum absolute atomic E-state index is 0.291. The Balaban J connectivity index is 1.68. The molecular weight excluding hydrogens is 333 g/mol. The van der Waals surface area contributed by atoms with Crippen molar-refractivity contribution in [3.05, 3.63) is 59.0 Å². The summed E-state index contributed by atoms with van der Waals surface area (Å²) in [5.41, 5.74) is -0.0322. The molecule has 0 N–H and O–H groups in total. The van der Waals surface area contributed by atoms with Gasteiger partial charge in [-0.15, -0.1) is 0 Å². The molecule has 2 heterocycles. The molecule has 0 saturated carbocycles. The normalized spacial score (nSPS) is 14.3. The molecule has 1 aromatic heterocycles. The number of benzene rings is 1. The number of carbonyl (C=O) groups excluding carboxylic acids is 1. The number of rotatable bonds is 2. The average Bonchev–Trinajstić information content (AvgIpc) is 2.66. The topological polar surface area (TPSA) is 60.2 Å². The van der Waals surface area contributed by atoms with Gasteiger partial charge in [0.25, 0.3) is 5.91 Å². The molecule has 0 unspecified atom stereocenters. The summed E-state index contributed by atoms with van der Waals surface area (Å²) in [5, 5.41) is 8.77. The lowest BCUT2D eigenvalue weighted by Gasteiger charge is -2.35. The van der Waals surface area contributed by atoms with Gasteiger partial charge in [0.15, 0.2) is 17.5 Å². The fourth-order valence-electron chi connectivity index (χ4n) is 2.64. The maximum Gasteiger partial charge on any atom is 0.257 e. The molecule has 1 saturated heterocycles. The zero-order valence-corrected chi connectivity index (χ0v) is 13.0. The number of amides is 1. The van der Waals surface area contributed by atoms with Crippen LogP contribution in [-0.2, 0) is 0 Å². The third kappa shape index (κ3) is 3.26. The monoisotopic (exact) mass is 346 g/mol. The van der Waals surface area contributed by atoms with Crippen molar-refractivity contribution in [2.24, 2.45) is 0 Å². The summed E-state index contributed by atoms with van der Waals surface area (Å²) in [6.07, 6.45) is 1.46. The molecule has 0 spiro atoms. The van der Waals surface area contributed by atoms with E-state index in [0.717, 1.165) is 12.1 Å². The second-order valence-electron chi connectivity index (χ2n) is 5.52. The lowest BCUT2D eigenvalue weighted by molar-refractivity contribution is 0.0740. The van der Waals surface area contributed by atoms with Crippen molar-refractivity contribution < 1.29 is 18.0 Å². The van der Waals surface area contributed by atoms with Crippen LogP contribution in [0.1, 0.15) is 15.9 Å². The number of nitriles is 1. The second-order valence-corrected chi connectivity index (χ2v) is 5.52. The smallest absolute Gasteiger partial charge is 0.257 e. The van der Waals surface area contributed by atoms with Crippen LogP contribution in [0.2, 0.25) is 0 Å². The Morgan fingerprint density at radius 1 is 1.04 bits per heavy atom. The molecule has 0 radical (unpaired) electrons. The fourth-order valence-corrected chi connectivity index (χ4v) is 2.64. The van der Waals surface area contributed by atoms with E-state index < -0.39 is 28.9 Å². The van der Waals surface area contributed by atoms with Crippen molar-refractivity contribution in [2.75, 3.05) is 31.1 Å². The van der Waals surface area contributed by atoms with Gasteiger partial charge in [-0.05, 0) is 24.3 Å². The van der Waals surface area contributed by atoms with Crippen molar-refractivity contribution in [2.45, 2.75) is 0 Å². The SMILES string of the molecule is N#Cc1ccc(N2CCN(C(=O)c3ccc(F)c(F)c3F)CC2)nc1. The number of hydrogen-bond acceptors (Lipinski definition) is 4. The van der Waals surface area contributed by atoms with Crippen LogP contribution in [0, 0.1) is 28.8 Å². The van der Waals surface area contributed by atoms with Crippen molar-refractivity contribution in [1.29, 1.82) is 5.26 Å². The van der Waals surface area contributed by atoms with Gasteiger partial charge in [-0.2, -0.15) is 5.26 Å². The first-order chi connectivity index (χ1) is 12.0. The van der Waals surface area contributed by atoms with Gasteiger partial charge in [0, 0.05) is 32.4 Å². The van der Waals surface area contributed by atoms with Gasteiger partial charge >= 0.3 is 0 Å². The molecule has 25 heavy (non-hydrogen) atoms. The van der Waals surface area contributed by atoms with E-state index in [1.807, 2.05) is 11.0 Å². The summed E-state index contributed by atoms with van der Waals surface area (Å²) in [5.74, 6) is -4.45. The number of halogens is 3. The standard InChI is InChI=1S/C17H13F3N4O/c18-13-3-2-12(15(19)16(13)20)17(25)24-7-5-23(6-8-24)14-4-1-11(9-21)10-22-14/h1-4,10H,5-8H2. The lowest BCUT2D eigenvalue weighted by Crippen LogP contribution is -2.49. The predicted octanol–water partition coefficient (Wildman–Crippen LogP) is 2.33. The quantitative estimate of drug-likeness (QED) is 0.783. The Kier molecular flexibility index (Phi) is 4.57. The lowest BCUT2D eigenvalue weighted by atomic mass is 10.1. The molecule has 1 fully saturated rings. The van der Waals surface area contributed by atoms with E-state index in [0.29, 0.717) is 37.6 Å². The number of hydrogen-bond donors (Lipinski definition) is 0. The van der Waals surface area contributed by atoms with Crippen LogP contribution in [0.5, 0.6) is 0 Å². The summed E-state index contributed by atoms with van der Waals surface area (Å²) in [7, 11) is 0. The summed E-state index contributed by atoms with van der Waals surface area (Å²) in [6.45, 7) is 1.49. The van der Waals surface area contributed by atoms with Crippen LogP contribution in [-0.4, -0.2) is 42.0 Å². The molecular formula is C17H13F3N4O. The van der Waals surface area contributed by atoms with Crippen LogP contribution in [0.25, 0.3) is 0 Å². The zero-order chi connectivity index (χ0) is 18.0. The minimum atomic E-state index is -1.65. The molecule has 8 heteroatoms. The Morgan fingerprint density at radius 2 is 1.76 bits per heavy atom. The van der Waals surface area contributed by atoms with Crippen LogP contribution in [0.15, 0.2) is 30.5 Å². The number of aromatic nitrogens is 1. The molecule has 128 valence electrons. The highest BCUT2D eigenvalue weighted by Crippen LogP contribution is 2.19. The number of nitrogens with zero attached hydrogens (tertiary/aromatic N) is 4. The van der Waals surface area contributed by atoms with Gasteiger partial charge in [0.05, 0.1) is 11.1 Å².